The van der Waals surface area contributed by atoms with Crippen LogP contribution in [-0.2, 0) is 9.22 Å². The van der Waals surface area contributed by atoms with Crippen molar-refractivity contribution in [1.82, 2.24) is 0 Å². The van der Waals surface area contributed by atoms with Crippen molar-refractivity contribution in [2.75, 3.05) is 0 Å². The van der Waals surface area contributed by atoms with E-state index in [0.717, 1.165) is 25.7 Å². The van der Waals surface area contributed by atoms with Crippen molar-refractivity contribution < 1.29 is 9.22 Å². The fourth-order valence-electron chi connectivity index (χ4n) is 3.86. The van der Waals surface area contributed by atoms with Gasteiger partial charge >= 0.3 is 0 Å². The first-order valence-electron chi connectivity index (χ1n) is 9.21. The Balaban J connectivity index is 5.08. The van der Waals surface area contributed by atoms with Gasteiger partial charge in [-0.05, 0) is 31.6 Å². The topological polar surface area (TPSA) is 26.3 Å². The molecule has 0 saturated carbocycles. The lowest BCUT2D eigenvalue weighted by Crippen LogP contribution is -2.40. The van der Waals surface area contributed by atoms with Crippen LogP contribution < -0.4 is 0 Å². The average Bonchev–Trinajstić information content (AvgIpc) is 2.49. The first-order valence-corrected chi connectivity index (χ1v) is 10.0. The minimum Gasteiger partial charge on any atom is -0.528 e. The van der Waals surface area contributed by atoms with E-state index in [-0.39, 0.29) is 11.4 Å². The van der Waals surface area contributed by atoms with Gasteiger partial charge in [-0.2, -0.15) is 0 Å². The summed E-state index contributed by atoms with van der Waals surface area (Å²) in [5.74, 6) is 0.618. The van der Waals surface area contributed by atoms with Gasteiger partial charge in [0.05, 0.1) is 5.41 Å². The first kappa shape index (κ1) is 20.7. The molecule has 0 aliphatic rings. The molecule has 0 spiro atoms. The zero-order chi connectivity index (χ0) is 16.1. The van der Waals surface area contributed by atoms with E-state index in [1.165, 1.54) is 44.9 Å². The summed E-state index contributed by atoms with van der Waals surface area (Å²) in [6, 6.07) is 0. The molecule has 1 unspecified atom stereocenters. The van der Waals surface area contributed by atoms with Gasteiger partial charge in [-0.1, -0.05) is 72.6 Å². The Hall–Kier alpha value is -0.313. The summed E-state index contributed by atoms with van der Waals surface area (Å²) >= 11 is 0. The lowest BCUT2D eigenvalue weighted by molar-refractivity contribution is -0.151. The SMILES string of the molecule is CCCCCCC(CCC)C(CCC)(CCC)C(=O)O[SiH3]. The second-order valence-electron chi connectivity index (χ2n) is 6.48. The molecule has 0 aromatic rings. The van der Waals surface area contributed by atoms with Gasteiger partial charge in [-0.25, -0.2) is 0 Å². The van der Waals surface area contributed by atoms with Gasteiger partial charge in [-0.15, -0.1) is 0 Å². The minimum absolute atomic E-state index is 0.104. The molecule has 0 amide bonds. The highest BCUT2D eigenvalue weighted by Gasteiger charge is 2.43. The Morgan fingerprint density at radius 2 is 1.52 bits per heavy atom. The second-order valence-corrected chi connectivity index (χ2v) is 6.89. The number of hydrogen-bond donors (Lipinski definition) is 0. The van der Waals surface area contributed by atoms with Crippen LogP contribution in [0.15, 0.2) is 0 Å². The second kappa shape index (κ2) is 12.3. The molecule has 0 radical (unpaired) electrons. The van der Waals surface area contributed by atoms with Gasteiger partial charge in [0.15, 0.2) is 0 Å². The maximum absolute atomic E-state index is 12.6. The molecule has 0 fully saturated rings. The smallest absolute Gasteiger partial charge is 0.298 e. The molecule has 0 aromatic carbocycles. The van der Waals surface area contributed by atoms with E-state index in [4.69, 9.17) is 4.43 Å². The molecule has 0 bridgehead atoms. The fraction of sp³-hybridized carbons (Fsp3) is 0.944. The maximum Gasteiger partial charge on any atom is 0.298 e. The average molecular weight is 315 g/mol. The highest BCUT2D eigenvalue weighted by molar-refractivity contribution is 6.06. The Morgan fingerprint density at radius 3 is 1.95 bits per heavy atom. The van der Waals surface area contributed by atoms with Crippen molar-refractivity contribution in [3.63, 3.8) is 0 Å². The highest BCUT2D eigenvalue weighted by atomic mass is 28.2. The lowest BCUT2D eigenvalue weighted by atomic mass is 9.66. The molecule has 0 rings (SSSR count). The van der Waals surface area contributed by atoms with Gasteiger partial charge in [0.2, 0.25) is 10.5 Å². The molecule has 1 atom stereocenters. The lowest BCUT2D eigenvalue weighted by Gasteiger charge is -2.39. The Bertz CT molecular complexity index is 260. The third-order valence-electron chi connectivity index (χ3n) is 4.81. The monoisotopic (exact) mass is 314 g/mol. The van der Waals surface area contributed by atoms with E-state index in [1.807, 2.05) is 0 Å². The molecule has 126 valence electrons. The van der Waals surface area contributed by atoms with Crippen LogP contribution in [0, 0.1) is 11.3 Å². The molecule has 3 heteroatoms. The molecular formula is C18H38O2Si. The van der Waals surface area contributed by atoms with Crippen LogP contribution in [0.2, 0.25) is 0 Å². The zero-order valence-corrected chi connectivity index (χ0v) is 17.2. The summed E-state index contributed by atoms with van der Waals surface area (Å²) in [5.41, 5.74) is -0.201. The number of carbonyl (C=O) groups excluding carboxylic acids is 1. The van der Waals surface area contributed by atoms with Crippen LogP contribution in [-0.4, -0.2) is 16.5 Å². The predicted octanol–water partition coefficient (Wildman–Crippen LogP) is 4.78. The first-order chi connectivity index (χ1) is 10.1. The van der Waals surface area contributed by atoms with Crippen LogP contribution in [0.3, 0.4) is 0 Å². The number of carbonyl (C=O) groups is 1. The third-order valence-corrected chi connectivity index (χ3v) is 5.18. The summed E-state index contributed by atoms with van der Waals surface area (Å²) in [6.45, 7) is 8.89. The van der Waals surface area contributed by atoms with E-state index in [0.29, 0.717) is 16.4 Å². The summed E-state index contributed by atoms with van der Waals surface area (Å²) < 4.78 is 5.38. The highest BCUT2D eigenvalue weighted by Crippen LogP contribution is 2.44. The predicted molar refractivity (Wildman–Crippen MR) is 95.4 cm³/mol. The summed E-state index contributed by atoms with van der Waals surface area (Å²) in [6.07, 6.45) is 12.9. The van der Waals surface area contributed by atoms with Crippen molar-refractivity contribution in [3.05, 3.63) is 0 Å². The Labute approximate surface area is 136 Å². The van der Waals surface area contributed by atoms with Crippen LogP contribution >= 0.6 is 0 Å². The molecule has 2 nitrogen and oxygen atoms in total. The summed E-state index contributed by atoms with van der Waals surface area (Å²) in [4.78, 5) is 12.6. The van der Waals surface area contributed by atoms with Crippen LogP contribution in [0.1, 0.15) is 98.3 Å². The molecule has 0 heterocycles. The largest absolute Gasteiger partial charge is 0.528 e. The van der Waals surface area contributed by atoms with Crippen LogP contribution in [0.25, 0.3) is 0 Å². The van der Waals surface area contributed by atoms with Crippen molar-refractivity contribution in [3.8, 4) is 0 Å². The molecule has 0 aliphatic carbocycles. The maximum atomic E-state index is 12.6. The summed E-state index contributed by atoms with van der Waals surface area (Å²) in [5, 5.41) is 0. The quantitative estimate of drug-likeness (QED) is 0.361. The summed E-state index contributed by atoms with van der Waals surface area (Å²) in [7, 11) is 0.524. The van der Waals surface area contributed by atoms with Crippen molar-refractivity contribution >= 4 is 16.5 Å². The number of unbranched alkanes of at least 4 members (excludes halogenated alkanes) is 3. The van der Waals surface area contributed by atoms with Crippen LogP contribution in [0.5, 0.6) is 0 Å². The van der Waals surface area contributed by atoms with E-state index < -0.39 is 0 Å². The molecule has 0 N–H and O–H groups in total. The molecule has 0 aromatic heterocycles. The van der Waals surface area contributed by atoms with E-state index in [2.05, 4.69) is 27.7 Å². The molecule has 0 aliphatic heterocycles. The number of rotatable bonds is 13. The van der Waals surface area contributed by atoms with Gasteiger partial charge < -0.3 is 4.43 Å². The fourth-order valence-corrected chi connectivity index (χ4v) is 4.27. The van der Waals surface area contributed by atoms with E-state index >= 15 is 0 Å². The third kappa shape index (κ3) is 6.54. The van der Waals surface area contributed by atoms with Gasteiger partial charge in [-0.3, -0.25) is 4.79 Å². The van der Waals surface area contributed by atoms with E-state index in [9.17, 15) is 4.79 Å². The van der Waals surface area contributed by atoms with Crippen molar-refractivity contribution in [2.24, 2.45) is 11.3 Å². The van der Waals surface area contributed by atoms with Crippen molar-refractivity contribution in [1.29, 1.82) is 0 Å². The van der Waals surface area contributed by atoms with E-state index in [1.54, 1.807) is 0 Å². The van der Waals surface area contributed by atoms with Crippen LogP contribution in [0.4, 0.5) is 0 Å². The van der Waals surface area contributed by atoms with Gasteiger partial charge in [0.25, 0.3) is 5.97 Å². The van der Waals surface area contributed by atoms with Crippen molar-refractivity contribution in [2.45, 2.75) is 98.3 Å². The molecule has 21 heavy (non-hydrogen) atoms. The minimum atomic E-state index is -0.201. The van der Waals surface area contributed by atoms with Gasteiger partial charge in [0, 0.05) is 0 Å². The molecule has 0 saturated heterocycles. The van der Waals surface area contributed by atoms with Gasteiger partial charge in [0.1, 0.15) is 0 Å². The standard InChI is InChI=1S/C18H38O2Si/c1-5-9-10-11-13-16(12-6-2)18(14-7-3,15-8-4)17(19)20-21/h16H,5-15H2,1-4,21H3. The normalized spacial score (nSPS) is 13.3. The zero-order valence-electron chi connectivity index (χ0n) is 15.2. The number of hydrogen-bond acceptors (Lipinski definition) is 2. The Morgan fingerprint density at radius 1 is 0.905 bits per heavy atom. The Kier molecular flexibility index (Phi) is 12.1. The molecular weight excluding hydrogens is 276 g/mol.